The largest absolute Gasteiger partial charge is 0.495 e. The van der Waals surface area contributed by atoms with Crippen LogP contribution in [-0.4, -0.2) is 28.0 Å². The van der Waals surface area contributed by atoms with Gasteiger partial charge < -0.3 is 15.4 Å². The highest BCUT2D eigenvalue weighted by Gasteiger charge is 2.10. The molecule has 0 aliphatic heterocycles. The van der Waals surface area contributed by atoms with Gasteiger partial charge in [0.2, 0.25) is 5.95 Å². The Kier molecular flexibility index (Phi) is 5.38. The van der Waals surface area contributed by atoms with Crippen molar-refractivity contribution < 1.29 is 9.53 Å². The van der Waals surface area contributed by atoms with Crippen LogP contribution in [0.5, 0.6) is 5.75 Å². The maximum atomic E-state index is 12.3. The number of hydrogen-bond donors (Lipinski definition) is 2. The molecule has 7 heteroatoms. The number of rotatable bonds is 6. The average molecular weight is 349 g/mol. The van der Waals surface area contributed by atoms with Gasteiger partial charge >= 0.3 is 0 Å². The predicted octanol–water partition coefficient (Wildman–Crippen LogP) is 2.86. The van der Waals surface area contributed by atoms with Gasteiger partial charge in [-0.05, 0) is 42.8 Å². The summed E-state index contributed by atoms with van der Waals surface area (Å²) in [6.07, 6.45) is 3.22. The molecule has 1 amide bonds. The maximum Gasteiger partial charge on any atom is 0.270 e. The molecule has 0 atom stereocenters. The molecule has 0 unspecified atom stereocenters. The van der Waals surface area contributed by atoms with Gasteiger partial charge in [0.1, 0.15) is 11.4 Å². The van der Waals surface area contributed by atoms with Gasteiger partial charge in [0.05, 0.1) is 25.0 Å². The van der Waals surface area contributed by atoms with E-state index in [1.54, 1.807) is 19.4 Å². The quantitative estimate of drug-likeness (QED) is 0.711. The van der Waals surface area contributed by atoms with E-state index in [0.717, 1.165) is 16.9 Å². The second-order valence-corrected chi connectivity index (χ2v) is 5.60. The van der Waals surface area contributed by atoms with Crippen molar-refractivity contribution in [1.29, 1.82) is 0 Å². The van der Waals surface area contributed by atoms with Gasteiger partial charge in [0.15, 0.2) is 0 Å². The summed E-state index contributed by atoms with van der Waals surface area (Å²) in [6.45, 7) is 2.31. The van der Waals surface area contributed by atoms with E-state index in [2.05, 4.69) is 25.6 Å². The van der Waals surface area contributed by atoms with Crippen molar-refractivity contribution >= 4 is 17.5 Å². The average Bonchev–Trinajstić information content (AvgIpc) is 2.67. The number of pyridine rings is 1. The Bertz CT molecular complexity index is 899. The lowest BCUT2D eigenvalue weighted by atomic mass is 10.2. The summed E-state index contributed by atoms with van der Waals surface area (Å²) in [7, 11) is 1.60. The van der Waals surface area contributed by atoms with Gasteiger partial charge in [0.25, 0.3) is 5.91 Å². The van der Waals surface area contributed by atoms with Gasteiger partial charge in [-0.2, -0.15) is 0 Å². The normalized spacial score (nSPS) is 10.2. The molecule has 2 heterocycles. The van der Waals surface area contributed by atoms with Crippen LogP contribution in [0.15, 0.2) is 54.9 Å². The van der Waals surface area contributed by atoms with Crippen LogP contribution < -0.4 is 15.4 Å². The van der Waals surface area contributed by atoms with Crippen molar-refractivity contribution in [2.75, 3.05) is 12.4 Å². The molecule has 0 aliphatic rings. The van der Waals surface area contributed by atoms with Crippen LogP contribution in [0.4, 0.5) is 11.6 Å². The summed E-state index contributed by atoms with van der Waals surface area (Å²) in [4.78, 5) is 24.9. The third-order valence-electron chi connectivity index (χ3n) is 3.65. The molecule has 2 aromatic heterocycles. The molecule has 0 saturated carbocycles. The Morgan fingerprint density at radius 3 is 2.77 bits per heavy atom. The molecule has 3 rings (SSSR count). The Morgan fingerprint density at radius 1 is 1.12 bits per heavy atom. The molecule has 0 fully saturated rings. The fourth-order valence-corrected chi connectivity index (χ4v) is 2.35. The molecule has 0 saturated heterocycles. The van der Waals surface area contributed by atoms with E-state index in [4.69, 9.17) is 4.74 Å². The fraction of sp³-hybridized carbons (Fsp3) is 0.158. The smallest absolute Gasteiger partial charge is 0.270 e. The van der Waals surface area contributed by atoms with Crippen LogP contribution >= 0.6 is 0 Å². The minimum absolute atomic E-state index is 0.269. The highest BCUT2D eigenvalue weighted by Crippen LogP contribution is 2.27. The van der Waals surface area contributed by atoms with E-state index in [1.165, 1.54) is 6.20 Å². The van der Waals surface area contributed by atoms with E-state index in [9.17, 15) is 4.79 Å². The van der Waals surface area contributed by atoms with Gasteiger partial charge in [-0.1, -0.05) is 12.1 Å². The summed E-state index contributed by atoms with van der Waals surface area (Å²) in [5.74, 6) is 0.695. The van der Waals surface area contributed by atoms with Crippen molar-refractivity contribution in [2.45, 2.75) is 13.5 Å². The summed E-state index contributed by atoms with van der Waals surface area (Å²) in [5.41, 5.74) is 2.85. The molecule has 0 spiro atoms. The van der Waals surface area contributed by atoms with Gasteiger partial charge in [-0.15, -0.1) is 0 Å². The number of hydrogen-bond acceptors (Lipinski definition) is 6. The van der Waals surface area contributed by atoms with Crippen molar-refractivity contribution in [3.8, 4) is 5.75 Å². The Morgan fingerprint density at radius 2 is 2.00 bits per heavy atom. The van der Waals surface area contributed by atoms with Gasteiger partial charge in [-0.3, -0.25) is 9.78 Å². The first-order valence-corrected chi connectivity index (χ1v) is 8.08. The molecule has 26 heavy (non-hydrogen) atoms. The predicted molar refractivity (Wildman–Crippen MR) is 98.5 cm³/mol. The zero-order valence-electron chi connectivity index (χ0n) is 14.6. The number of benzene rings is 1. The van der Waals surface area contributed by atoms with Crippen LogP contribution in [-0.2, 0) is 6.54 Å². The number of ether oxygens (including phenoxy) is 1. The summed E-state index contributed by atoms with van der Waals surface area (Å²) in [6, 6.07) is 12.8. The number of methoxy groups -OCH3 is 1. The minimum atomic E-state index is -0.294. The lowest BCUT2D eigenvalue weighted by molar-refractivity contribution is 0.0945. The molecular formula is C19H19N5O2. The number of aryl methyl sites for hydroxylation is 1. The minimum Gasteiger partial charge on any atom is -0.495 e. The molecule has 0 bridgehead atoms. The zero-order chi connectivity index (χ0) is 18.4. The molecule has 7 nitrogen and oxygen atoms in total. The first-order chi connectivity index (χ1) is 12.7. The van der Waals surface area contributed by atoms with Crippen LogP contribution in [0.3, 0.4) is 0 Å². The number of nitrogens with zero attached hydrogens (tertiary/aromatic N) is 3. The number of anilines is 2. The Hall–Kier alpha value is -3.48. The van der Waals surface area contributed by atoms with Crippen LogP contribution in [0.2, 0.25) is 0 Å². The van der Waals surface area contributed by atoms with E-state index in [1.807, 2.05) is 43.3 Å². The molecule has 1 aromatic carbocycles. The van der Waals surface area contributed by atoms with Crippen molar-refractivity contribution in [3.05, 3.63) is 71.8 Å². The number of nitrogens with one attached hydrogen (secondary N) is 2. The lowest BCUT2D eigenvalue weighted by Crippen LogP contribution is -2.24. The number of aromatic nitrogens is 3. The SMILES string of the molecule is COc1ccc(C)cc1Nc1nccc(C(=O)NCc2ccccn2)n1. The first kappa shape index (κ1) is 17.3. The third kappa shape index (κ3) is 4.32. The van der Waals surface area contributed by atoms with Crippen molar-refractivity contribution in [1.82, 2.24) is 20.3 Å². The molecule has 0 radical (unpaired) electrons. The molecule has 132 valence electrons. The molecule has 3 aromatic rings. The number of carbonyl (C=O) groups excluding carboxylic acids is 1. The van der Waals surface area contributed by atoms with E-state index in [0.29, 0.717) is 18.2 Å². The summed E-state index contributed by atoms with van der Waals surface area (Å²) >= 11 is 0. The van der Waals surface area contributed by atoms with Crippen molar-refractivity contribution in [2.24, 2.45) is 0 Å². The second-order valence-electron chi connectivity index (χ2n) is 5.60. The highest BCUT2D eigenvalue weighted by atomic mass is 16.5. The standard InChI is InChI=1S/C19H19N5O2/c1-13-6-7-17(26-2)16(11-13)24-19-21-10-8-15(23-19)18(25)22-12-14-5-3-4-9-20-14/h3-11H,12H2,1-2H3,(H,22,25)(H,21,23,24). The zero-order valence-corrected chi connectivity index (χ0v) is 14.6. The van der Waals surface area contributed by atoms with E-state index >= 15 is 0 Å². The summed E-state index contributed by atoms with van der Waals surface area (Å²) < 4.78 is 5.33. The molecule has 0 aliphatic carbocycles. The molecular weight excluding hydrogens is 330 g/mol. The fourth-order valence-electron chi connectivity index (χ4n) is 2.35. The third-order valence-corrected chi connectivity index (χ3v) is 3.65. The Labute approximate surface area is 151 Å². The van der Waals surface area contributed by atoms with Crippen LogP contribution in [0.25, 0.3) is 0 Å². The van der Waals surface area contributed by atoms with E-state index < -0.39 is 0 Å². The van der Waals surface area contributed by atoms with Gasteiger partial charge in [0, 0.05) is 12.4 Å². The van der Waals surface area contributed by atoms with Crippen LogP contribution in [0, 0.1) is 6.92 Å². The lowest BCUT2D eigenvalue weighted by Gasteiger charge is -2.11. The Balaban J connectivity index is 1.72. The maximum absolute atomic E-state index is 12.3. The highest BCUT2D eigenvalue weighted by molar-refractivity contribution is 5.92. The van der Waals surface area contributed by atoms with E-state index in [-0.39, 0.29) is 11.6 Å². The van der Waals surface area contributed by atoms with Crippen molar-refractivity contribution in [3.63, 3.8) is 0 Å². The number of carbonyl (C=O) groups is 1. The van der Waals surface area contributed by atoms with Gasteiger partial charge in [-0.25, -0.2) is 9.97 Å². The monoisotopic (exact) mass is 349 g/mol. The van der Waals surface area contributed by atoms with Crippen LogP contribution in [0.1, 0.15) is 21.7 Å². The molecule has 2 N–H and O–H groups in total. The number of amides is 1. The summed E-state index contributed by atoms with van der Waals surface area (Å²) in [5, 5.41) is 5.89. The second kappa shape index (κ2) is 8.06. The first-order valence-electron chi connectivity index (χ1n) is 8.08. The topological polar surface area (TPSA) is 89.0 Å².